The van der Waals surface area contributed by atoms with Crippen LogP contribution in [0.15, 0.2) is 60.7 Å². The Hall–Kier alpha value is -0.700. The van der Waals surface area contributed by atoms with Gasteiger partial charge in [-0.2, -0.15) is 0 Å². The minimum absolute atomic E-state index is 0.774. The van der Waals surface area contributed by atoms with Gasteiger partial charge in [0.05, 0.1) is 0 Å². The van der Waals surface area contributed by atoms with E-state index in [1.807, 2.05) is 0 Å². The summed E-state index contributed by atoms with van der Waals surface area (Å²) in [5.74, 6) is 0. The molecule has 0 heterocycles. The summed E-state index contributed by atoms with van der Waals surface area (Å²) < 4.78 is 0. The van der Waals surface area contributed by atoms with Gasteiger partial charge in [-0.3, -0.25) is 0 Å². The molecule has 0 saturated carbocycles. The van der Waals surface area contributed by atoms with Crippen molar-refractivity contribution in [1.29, 1.82) is 0 Å². The van der Waals surface area contributed by atoms with Gasteiger partial charge in [0.1, 0.15) is 0 Å². The van der Waals surface area contributed by atoms with Crippen molar-refractivity contribution < 1.29 is 0 Å². The summed E-state index contributed by atoms with van der Waals surface area (Å²) in [5, 5.41) is 3.34. The van der Waals surface area contributed by atoms with Gasteiger partial charge in [0.15, 0.2) is 0 Å². The Balaban J connectivity index is 2.37. The second kappa shape index (κ2) is 10.6. The molecule has 0 unspecified atom stereocenters. The fourth-order valence-electron chi connectivity index (χ4n) is 6.28. The van der Waals surface area contributed by atoms with Crippen LogP contribution >= 0.6 is 14.5 Å². The van der Waals surface area contributed by atoms with Crippen molar-refractivity contribution in [3.63, 3.8) is 0 Å². The van der Waals surface area contributed by atoms with E-state index in [-0.39, 0.29) is 0 Å². The zero-order chi connectivity index (χ0) is 21.7. The zero-order valence-corrected chi connectivity index (χ0v) is 22.2. The molecule has 0 saturated heterocycles. The van der Waals surface area contributed by atoms with Crippen molar-refractivity contribution in [2.24, 2.45) is 0 Å². The fraction of sp³-hybridized carbons (Fsp3) is 0.556. The molecule has 164 valence electrons. The third kappa shape index (κ3) is 4.97. The monoisotopic (exact) mass is 432 g/mol. The fourth-order valence-corrected chi connectivity index (χ4v) is 18.0. The summed E-state index contributed by atoms with van der Waals surface area (Å²) in [4.78, 5) is 0. The summed E-state index contributed by atoms with van der Waals surface area (Å²) in [6.07, 6.45) is 4.23. The van der Waals surface area contributed by atoms with E-state index in [0.717, 1.165) is 22.6 Å². The van der Waals surface area contributed by atoms with Crippen molar-refractivity contribution in [1.82, 2.24) is 0 Å². The van der Waals surface area contributed by atoms with E-state index in [0.29, 0.717) is 0 Å². The molecule has 0 spiro atoms. The van der Waals surface area contributed by atoms with E-state index in [9.17, 15) is 0 Å². The number of benzene rings is 2. The molecule has 2 aromatic carbocycles. The molecule has 2 rings (SSSR count). The Morgan fingerprint density at radius 3 is 1.00 bits per heavy atom. The number of hydrogen-bond donors (Lipinski definition) is 0. The van der Waals surface area contributed by atoms with Gasteiger partial charge >= 0.3 is 183 Å². The molecule has 0 N–H and O–H groups in total. The van der Waals surface area contributed by atoms with Gasteiger partial charge in [0, 0.05) is 0 Å². The van der Waals surface area contributed by atoms with Crippen LogP contribution in [0.3, 0.4) is 0 Å². The first-order valence-corrected chi connectivity index (χ1v) is 16.5. The van der Waals surface area contributed by atoms with Crippen molar-refractivity contribution in [3.05, 3.63) is 60.7 Å². The van der Waals surface area contributed by atoms with E-state index in [1.165, 1.54) is 18.7 Å². The Kier molecular flexibility index (Phi) is 8.94. The molecule has 0 atom stereocenters. The summed E-state index contributed by atoms with van der Waals surface area (Å²) in [5.41, 5.74) is 3.10. The topological polar surface area (TPSA) is 0 Å². The molecular formula is C27H46P2. The van der Waals surface area contributed by atoms with Crippen LogP contribution in [-0.4, -0.2) is 35.0 Å². The van der Waals surface area contributed by atoms with Gasteiger partial charge in [0.25, 0.3) is 0 Å². The molecule has 0 amide bonds. The van der Waals surface area contributed by atoms with Crippen LogP contribution in [0.2, 0.25) is 0 Å². The Bertz CT molecular complexity index is 637. The van der Waals surface area contributed by atoms with Crippen LogP contribution in [0.4, 0.5) is 0 Å². The molecule has 0 aliphatic carbocycles. The van der Waals surface area contributed by atoms with E-state index in [4.69, 9.17) is 0 Å². The van der Waals surface area contributed by atoms with Crippen LogP contribution in [0.1, 0.15) is 61.8 Å². The summed E-state index contributed by atoms with van der Waals surface area (Å²) >= 11 is 0. The third-order valence-corrected chi connectivity index (χ3v) is 21.3. The molecular weight excluding hydrogens is 386 g/mol. The first-order chi connectivity index (χ1) is 13.7. The molecule has 2 heteroatoms. The Morgan fingerprint density at radius 2 is 0.759 bits per heavy atom. The average molecular weight is 433 g/mol. The maximum absolute atomic E-state index is 2.49. The standard InChI is InChI=1S/C27H46P2/c1-22(2)28(23(3)4,26-16-11-9-12-17-26)20-15-21-29(24(5)6,25(7)8)27-18-13-10-14-19-27/h9-14,16-19,22-25,28-29H,15,20-21H2,1-8H3. The summed E-state index contributed by atoms with van der Waals surface area (Å²) in [6, 6.07) is 23.1. The molecule has 29 heavy (non-hydrogen) atoms. The van der Waals surface area contributed by atoms with E-state index in [2.05, 4.69) is 116 Å². The van der Waals surface area contributed by atoms with Gasteiger partial charge in [-0.25, -0.2) is 0 Å². The van der Waals surface area contributed by atoms with Crippen LogP contribution in [0, 0.1) is 0 Å². The number of rotatable bonds is 10. The predicted molar refractivity (Wildman–Crippen MR) is 144 cm³/mol. The molecule has 0 aliphatic rings. The average Bonchev–Trinajstić information content (AvgIpc) is 2.68. The predicted octanol–water partition coefficient (Wildman–Crippen LogP) is 7.16. The molecule has 0 fully saturated rings. The van der Waals surface area contributed by atoms with Gasteiger partial charge in [-0.05, 0) is 0 Å². The van der Waals surface area contributed by atoms with E-state index in [1.54, 1.807) is 10.6 Å². The third-order valence-electron chi connectivity index (χ3n) is 7.92. The summed E-state index contributed by atoms with van der Waals surface area (Å²) in [6.45, 7) is 19.9. The van der Waals surface area contributed by atoms with Crippen molar-refractivity contribution in [2.45, 2.75) is 84.4 Å². The van der Waals surface area contributed by atoms with Crippen LogP contribution < -0.4 is 10.6 Å². The molecule has 0 radical (unpaired) electrons. The maximum atomic E-state index is 2.49. The van der Waals surface area contributed by atoms with E-state index < -0.39 is 14.5 Å². The number of hydrogen-bond acceptors (Lipinski definition) is 0. The normalized spacial score (nSPS) is 14.2. The molecule has 0 nitrogen and oxygen atoms in total. The Labute approximate surface area is 182 Å². The second-order valence-electron chi connectivity index (χ2n) is 10.3. The Morgan fingerprint density at radius 1 is 0.483 bits per heavy atom. The first kappa shape index (κ1) is 24.6. The molecule has 2 aromatic rings. The van der Waals surface area contributed by atoms with Crippen molar-refractivity contribution in [3.8, 4) is 0 Å². The van der Waals surface area contributed by atoms with Gasteiger partial charge in [-0.1, -0.05) is 0 Å². The summed E-state index contributed by atoms with van der Waals surface area (Å²) in [7, 11) is -3.15. The minimum atomic E-state index is -1.57. The van der Waals surface area contributed by atoms with Crippen molar-refractivity contribution in [2.75, 3.05) is 12.3 Å². The van der Waals surface area contributed by atoms with Gasteiger partial charge in [0.2, 0.25) is 0 Å². The van der Waals surface area contributed by atoms with Gasteiger partial charge in [-0.15, -0.1) is 0 Å². The molecule has 0 aliphatic heterocycles. The van der Waals surface area contributed by atoms with Crippen LogP contribution in [0.5, 0.6) is 0 Å². The van der Waals surface area contributed by atoms with Crippen molar-refractivity contribution >= 4 is 25.1 Å². The van der Waals surface area contributed by atoms with E-state index >= 15 is 0 Å². The van der Waals surface area contributed by atoms with Crippen LogP contribution in [0.25, 0.3) is 0 Å². The molecule has 0 aromatic heterocycles. The van der Waals surface area contributed by atoms with Crippen LogP contribution in [-0.2, 0) is 0 Å². The first-order valence-electron chi connectivity index (χ1n) is 11.8. The zero-order valence-electron chi connectivity index (χ0n) is 20.2. The van der Waals surface area contributed by atoms with Gasteiger partial charge < -0.3 is 0 Å². The SMILES string of the molecule is CC(C)[PH](CCC[PH](c1ccccc1)(C(C)C)C(C)C)(c1ccccc1)C(C)C. The second-order valence-corrected chi connectivity index (χ2v) is 21.2. The molecule has 0 bridgehead atoms. The quantitative estimate of drug-likeness (QED) is 0.349.